The Morgan fingerprint density at radius 1 is 0.769 bits per heavy atom. The van der Waals surface area contributed by atoms with Gasteiger partial charge in [0.25, 0.3) is 0 Å². The number of hydrogen-bond donors (Lipinski definition) is 2. The Hall–Kier alpha value is -3.67. The van der Waals surface area contributed by atoms with Crippen molar-refractivity contribution in [2.45, 2.75) is 6.92 Å². The molecule has 26 heavy (non-hydrogen) atoms. The molecule has 0 fully saturated rings. The first-order chi connectivity index (χ1) is 12.8. The number of aryl methyl sites for hydroxylation is 1. The van der Waals surface area contributed by atoms with E-state index in [-0.39, 0.29) is 0 Å². The van der Waals surface area contributed by atoms with Crippen molar-refractivity contribution < 1.29 is 4.52 Å². The Morgan fingerprint density at radius 2 is 1.50 bits per heavy atom. The molecule has 0 radical (unpaired) electrons. The summed E-state index contributed by atoms with van der Waals surface area (Å²) in [6.07, 6.45) is 0. The van der Waals surface area contributed by atoms with E-state index in [1.807, 2.05) is 73.7 Å². The Kier molecular flexibility index (Phi) is 4.30. The van der Waals surface area contributed by atoms with E-state index in [2.05, 4.69) is 25.8 Å². The van der Waals surface area contributed by atoms with Crippen molar-refractivity contribution in [1.82, 2.24) is 15.1 Å². The number of nitrogens with one attached hydrogen (secondary N) is 2. The van der Waals surface area contributed by atoms with Gasteiger partial charge < -0.3 is 15.2 Å². The monoisotopic (exact) mass is 343 g/mol. The summed E-state index contributed by atoms with van der Waals surface area (Å²) in [4.78, 5) is 9.15. The quantitative estimate of drug-likeness (QED) is 0.535. The average molecular weight is 343 g/mol. The molecule has 0 aliphatic rings. The summed E-state index contributed by atoms with van der Waals surface area (Å²) in [5.74, 6) is 2.42. The molecule has 0 spiro atoms. The molecule has 4 aromatic rings. The van der Waals surface area contributed by atoms with Gasteiger partial charge in [0.1, 0.15) is 11.6 Å². The van der Waals surface area contributed by atoms with Gasteiger partial charge >= 0.3 is 0 Å². The molecule has 2 aromatic heterocycles. The van der Waals surface area contributed by atoms with Crippen LogP contribution in [0, 0.1) is 6.92 Å². The van der Waals surface area contributed by atoms with Crippen LogP contribution in [0.25, 0.3) is 11.3 Å². The third kappa shape index (κ3) is 3.70. The van der Waals surface area contributed by atoms with E-state index in [0.717, 1.165) is 16.9 Å². The average Bonchev–Trinajstić information content (AvgIpc) is 3.08. The molecule has 4 rings (SSSR count). The second-order valence-electron chi connectivity index (χ2n) is 5.77. The van der Waals surface area contributed by atoms with Gasteiger partial charge in [-0.3, -0.25) is 0 Å². The van der Waals surface area contributed by atoms with E-state index in [1.165, 1.54) is 0 Å². The molecule has 0 aliphatic heterocycles. The Balaban J connectivity index is 1.71. The summed E-state index contributed by atoms with van der Waals surface area (Å²) >= 11 is 0. The van der Waals surface area contributed by atoms with Crippen LogP contribution in [0.5, 0.6) is 0 Å². The molecule has 0 aliphatic carbocycles. The molecule has 0 bridgehead atoms. The highest BCUT2D eigenvalue weighted by Crippen LogP contribution is 2.24. The Morgan fingerprint density at radius 3 is 2.19 bits per heavy atom. The molecule has 2 aromatic carbocycles. The fraction of sp³-hybridized carbons (Fsp3) is 0.0500. The van der Waals surface area contributed by atoms with Crippen LogP contribution in [0.3, 0.4) is 0 Å². The third-order valence-electron chi connectivity index (χ3n) is 3.71. The summed E-state index contributed by atoms with van der Waals surface area (Å²) in [6, 6.07) is 23.6. The number of rotatable bonds is 5. The van der Waals surface area contributed by atoms with Gasteiger partial charge in [-0.1, -0.05) is 53.7 Å². The van der Waals surface area contributed by atoms with Gasteiger partial charge in [0.05, 0.1) is 5.69 Å². The van der Waals surface area contributed by atoms with Crippen molar-refractivity contribution >= 4 is 23.3 Å². The Bertz CT molecular complexity index is 999. The molecular weight excluding hydrogens is 326 g/mol. The lowest BCUT2D eigenvalue weighted by Crippen LogP contribution is -2.02. The van der Waals surface area contributed by atoms with E-state index >= 15 is 0 Å². The van der Waals surface area contributed by atoms with Crippen LogP contribution in [0.2, 0.25) is 0 Å². The van der Waals surface area contributed by atoms with Crippen molar-refractivity contribution in [2.75, 3.05) is 10.6 Å². The number of hydrogen-bond acceptors (Lipinski definition) is 6. The maximum atomic E-state index is 5.09. The fourth-order valence-corrected chi connectivity index (χ4v) is 2.53. The topological polar surface area (TPSA) is 75.9 Å². The second-order valence-corrected chi connectivity index (χ2v) is 5.77. The van der Waals surface area contributed by atoms with E-state index in [0.29, 0.717) is 23.3 Å². The van der Waals surface area contributed by atoms with E-state index in [4.69, 9.17) is 4.52 Å². The highest BCUT2D eigenvalue weighted by molar-refractivity contribution is 5.68. The molecule has 2 heterocycles. The van der Waals surface area contributed by atoms with E-state index in [1.54, 1.807) is 6.07 Å². The number of para-hydroxylation sites is 1. The minimum atomic E-state index is 0.443. The first-order valence-corrected chi connectivity index (χ1v) is 8.23. The van der Waals surface area contributed by atoms with Gasteiger partial charge in [-0.05, 0) is 19.1 Å². The standard InChI is InChI=1S/C20H17N5O/c1-14-12-19(25-26-14)24-20-22-17(15-8-4-2-5-9-15)13-18(23-20)21-16-10-6-3-7-11-16/h2-13H,1H3,(H2,21,22,23,24,25). The zero-order valence-corrected chi connectivity index (χ0v) is 14.2. The van der Waals surface area contributed by atoms with Crippen molar-refractivity contribution in [3.8, 4) is 11.3 Å². The molecule has 2 N–H and O–H groups in total. The zero-order chi connectivity index (χ0) is 17.8. The van der Waals surface area contributed by atoms with Crippen LogP contribution < -0.4 is 10.6 Å². The van der Waals surface area contributed by atoms with E-state index in [9.17, 15) is 0 Å². The van der Waals surface area contributed by atoms with Crippen LogP contribution in [-0.2, 0) is 0 Å². The molecule has 0 atom stereocenters. The van der Waals surface area contributed by atoms with Crippen LogP contribution in [0.1, 0.15) is 5.76 Å². The van der Waals surface area contributed by atoms with E-state index < -0.39 is 0 Å². The van der Waals surface area contributed by atoms with Gasteiger partial charge in [0.2, 0.25) is 5.95 Å². The fourth-order valence-electron chi connectivity index (χ4n) is 2.53. The molecule has 6 heteroatoms. The summed E-state index contributed by atoms with van der Waals surface area (Å²) in [6.45, 7) is 1.84. The third-order valence-corrected chi connectivity index (χ3v) is 3.71. The maximum absolute atomic E-state index is 5.09. The smallest absolute Gasteiger partial charge is 0.231 e. The first-order valence-electron chi connectivity index (χ1n) is 8.23. The largest absolute Gasteiger partial charge is 0.360 e. The molecule has 0 saturated heterocycles. The summed E-state index contributed by atoms with van der Waals surface area (Å²) in [7, 11) is 0. The number of aromatic nitrogens is 3. The first kappa shape index (κ1) is 15.8. The lowest BCUT2D eigenvalue weighted by molar-refractivity contribution is 0.400. The van der Waals surface area contributed by atoms with Crippen molar-refractivity contribution in [1.29, 1.82) is 0 Å². The second kappa shape index (κ2) is 7.06. The van der Waals surface area contributed by atoms with Gasteiger partial charge in [-0.25, -0.2) is 4.98 Å². The predicted molar refractivity (Wildman–Crippen MR) is 102 cm³/mol. The summed E-state index contributed by atoms with van der Waals surface area (Å²) in [5, 5.41) is 10.3. The molecule has 0 saturated carbocycles. The van der Waals surface area contributed by atoms with Crippen molar-refractivity contribution in [2.24, 2.45) is 0 Å². The van der Waals surface area contributed by atoms with Gasteiger partial charge in [0.15, 0.2) is 5.82 Å². The highest BCUT2D eigenvalue weighted by atomic mass is 16.5. The summed E-state index contributed by atoms with van der Waals surface area (Å²) in [5.41, 5.74) is 2.76. The molecule has 6 nitrogen and oxygen atoms in total. The van der Waals surface area contributed by atoms with Gasteiger partial charge in [-0.2, -0.15) is 4.98 Å². The number of nitrogens with zero attached hydrogens (tertiary/aromatic N) is 3. The van der Waals surface area contributed by atoms with Crippen LogP contribution in [0.4, 0.5) is 23.3 Å². The lowest BCUT2D eigenvalue weighted by atomic mass is 10.1. The number of benzene rings is 2. The van der Waals surface area contributed by atoms with Crippen LogP contribution in [-0.4, -0.2) is 15.1 Å². The van der Waals surface area contributed by atoms with Gasteiger partial charge in [-0.15, -0.1) is 0 Å². The number of anilines is 4. The molecule has 0 amide bonds. The SMILES string of the molecule is Cc1cc(Nc2nc(Nc3ccccc3)cc(-c3ccccc3)n2)no1. The minimum Gasteiger partial charge on any atom is -0.360 e. The van der Waals surface area contributed by atoms with Gasteiger partial charge in [0, 0.05) is 23.4 Å². The molecule has 0 unspecified atom stereocenters. The van der Waals surface area contributed by atoms with Crippen LogP contribution >= 0.6 is 0 Å². The Labute approximate surface area is 150 Å². The maximum Gasteiger partial charge on any atom is 0.231 e. The summed E-state index contributed by atoms with van der Waals surface area (Å²) < 4.78 is 5.09. The minimum absolute atomic E-state index is 0.443. The molecule has 128 valence electrons. The lowest BCUT2D eigenvalue weighted by Gasteiger charge is -2.10. The van der Waals surface area contributed by atoms with Crippen LogP contribution in [0.15, 0.2) is 77.3 Å². The normalized spacial score (nSPS) is 10.5. The highest BCUT2D eigenvalue weighted by Gasteiger charge is 2.09. The predicted octanol–water partition coefficient (Wildman–Crippen LogP) is 4.93. The zero-order valence-electron chi connectivity index (χ0n) is 14.2. The molecular formula is C20H17N5O. The van der Waals surface area contributed by atoms with Crippen molar-refractivity contribution in [3.05, 3.63) is 78.6 Å². The van der Waals surface area contributed by atoms with Crippen molar-refractivity contribution in [3.63, 3.8) is 0 Å².